The largest absolute Gasteiger partial charge is 0.494 e. The summed E-state index contributed by atoms with van der Waals surface area (Å²) in [4.78, 5) is 53.7. The Balaban J connectivity index is 0.000000261. The summed E-state index contributed by atoms with van der Waals surface area (Å²) < 4.78 is 16.5. The van der Waals surface area contributed by atoms with E-state index in [4.69, 9.17) is 29.7 Å². The van der Waals surface area contributed by atoms with Crippen molar-refractivity contribution in [2.75, 3.05) is 19.8 Å². The Bertz CT molecular complexity index is 1750. The number of hydrogen-bond acceptors (Lipinski definition) is 10. The first-order chi connectivity index (χ1) is 23.1. The van der Waals surface area contributed by atoms with Crippen molar-refractivity contribution < 1.29 is 48.5 Å². The highest BCUT2D eigenvalue weighted by atomic mass is 16.6. The molecule has 4 aromatic rings. The number of carboxylic acids is 2. The van der Waals surface area contributed by atoms with Gasteiger partial charge in [-0.15, -0.1) is 0 Å². The topological polar surface area (TPSA) is 203 Å². The lowest BCUT2D eigenvalue weighted by atomic mass is 10.1. The van der Waals surface area contributed by atoms with Crippen molar-refractivity contribution >= 4 is 29.2 Å². The molecule has 4 rings (SSSR count). The van der Waals surface area contributed by atoms with Crippen LogP contribution in [-0.4, -0.2) is 58.5 Å². The van der Waals surface area contributed by atoms with Crippen LogP contribution in [0.5, 0.6) is 17.2 Å². The number of nitro groups is 1. The predicted molar refractivity (Wildman–Crippen MR) is 170 cm³/mol. The van der Waals surface area contributed by atoms with Crippen molar-refractivity contribution in [3.63, 3.8) is 0 Å². The average Bonchev–Trinajstić information content (AvgIpc) is 3.10. The molecule has 2 N–H and O–H groups in total. The molecular formula is C35H30N2O11. The smallest absolute Gasteiger partial charge is 0.377 e. The molecule has 48 heavy (non-hydrogen) atoms. The summed E-state index contributed by atoms with van der Waals surface area (Å²) >= 11 is 0. The highest BCUT2D eigenvalue weighted by molar-refractivity contribution is 6.40. The Labute approximate surface area is 274 Å². The number of nitrogens with zero attached hydrogens (tertiary/aromatic N) is 2. The minimum Gasteiger partial charge on any atom is -0.494 e. The zero-order valence-electron chi connectivity index (χ0n) is 25.4. The van der Waals surface area contributed by atoms with Crippen molar-refractivity contribution in [1.82, 2.24) is 0 Å². The molecule has 0 saturated heterocycles. The molecule has 0 atom stereocenters. The second-order valence-corrected chi connectivity index (χ2v) is 9.88. The zero-order chi connectivity index (χ0) is 34.9. The predicted octanol–water partition coefficient (Wildman–Crippen LogP) is 5.55. The van der Waals surface area contributed by atoms with E-state index in [2.05, 4.69) is 6.07 Å². The van der Waals surface area contributed by atoms with E-state index in [1.165, 1.54) is 60.7 Å². The average molecular weight is 655 g/mol. The summed E-state index contributed by atoms with van der Waals surface area (Å²) in [5.74, 6) is -3.25. The number of hydrogen-bond donors (Lipinski definition) is 2. The summed E-state index contributed by atoms with van der Waals surface area (Å²) in [5, 5.41) is 36.5. The van der Waals surface area contributed by atoms with E-state index in [0.717, 1.165) is 18.4 Å². The summed E-state index contributed by atoms with van der Waals surface area (Å²) in [6.07, 6.45) is 2.22. The number of carboxylic acid groups (broad SMARTS) is 2. The Morgan fingerprint density at radius 2 is 1.02 bits per heavy atom. The van der Waals surface area contributed by atoms with Gasteiger partial charge >= 0.3 is 11.9 Å². The Kier molecular flexibility index (Phi) is 13.8. The number of aliphatic carboxylic acids is 2. The Morgan fingerprint density at radius 1 is 0.625 bits per heavy atom. The number of Topliss-reactive ketones (excluding diaryl/α,β-unsaturated/α-hetero) is 2. The SMILES string of the molecule is N#Cc1ccc(CCCOc2ccc(C(=O)C(=O)O)cc2)cc1.O=C(O)C(=O)c1ccc(OCCCOc2ccc([N+](=O)[O-])cc2)cc1. The van der Waals surface area contributed by atoms with Gasteiger partial charge in [-0.05, 0) is 91.2 Å². The molecule has 0 amide bonds. The van der Waals surface area contributed by atoms with Gasteiger partial charge in [-0.3, -0.25) is 19.7 Å². The summed E-state index contributed by atoms with van der Waals surface area (Å²) in [5.41, 5.74) is 1.99. The third-order valence-corrected chi connectivity index (χ3v) is 6.46. The van der Waals surface area contributed by atoms with E-state index >= 15 is 0 Å². The van der Waals surface area contributed by atoms with Crippen molar-refractivity contribution in [2.45, 2.75) is 19.3 Å². The second-order valence-electron chi connectivity index (χ2n) is 9.88. The molecule has 0 bridgehead atoms. The van der Waals surface area contributed by atoms with Gasteiger partial charge in [-0.25, -0.2) is 9.59 Å². The quantitative estimate of drug-likeness (QED) is 0.0502. The summed E-state index contributed by atoms with van der Waals surface area (Å²) in [7, 11) is 0. The number of carbonyl (C=O) groups excluding carboxylic acids is 2. The van der Waals surface area contributed by atoms with Crippen LogP contribution in [0, 0.1) is 21.4 Å². The number of ketones is 2. The van der Waals surface area contributed by atoms with E-state index in [0.29, 0.717) is 49.1 Å². The summed E-state index contributed by atoms with van der Waals surface area (Å²) in [6, 6.07) is 27.1. The van der Waals surface area contributed by atoms with Gasteiger partial charge in [0.2, 0.25) is 0 Å². The van der Waals surface area contributed by atoms with Crippen LogP contribution in [0.4, 0.5) is 5.69 Å². The molecule has 0 spiro atoms. The maximum atomic E-state index is 11.3. The maximum absolute atomic E-state index is 11.3. The second kappa shape index (κ2) is 18.4. The molecule has 0 fully saturated rings. The molecular weight excluding hydrogens is 624 g/mol. The molecule has 0 unspecified atom stereocenters. The number of aryl methyl sites for hydroxylation is 1. The molecule has 0 aliphatic rings. The molecule has 4 aromatic carbocycles. The van der Waals surface area contributed by atoms with Crippen molar-refractivity contribution in [3.05, 3.63) is 129 Å². The van der Waals surface area contributed by atoms with Crippen LogP contribution in [-0.2, 0) is 16.0 Å². The number of nitriles is 1. The lowest BCUT2D eigenvalue weighted by Crippen LogP contribution is -2.12. The van der Waals surface area contributed by atoms with Crippen LogP contribution in [0.2, 0.25) is 0 Å². The lowest BCUT2D eigenvalue weighted by molar-refractivity contribution is -0.384. The molecule has 0 heterocycles. The molecule has 0 aliphatic carbocycles. The number of ether oxygens (including phenoxy) is 3. The number of benzene rings is 4. The van der Waals surface area contributed by atoms with Gasteiger partial charge in [-0.2, -0.15) is 5.26 Å². The minimum absolute atomic E-state index is 0.000472. The first-order valence-electron chi connectivity index (χ1n) is 14.4. The summed E-state index contributed by atoms with van der Waals surface area (Å²) in [6.45, 7) is 1.23. The third kappa shape index (κ3) is 11.8. The number of rotatable bonds is 16. The normalized spacial score (nSPS) is 9.98. The van der Waals surface area contributed by atoms with Crippen LogP contribution < -0.4 is 14.2 Å². The number of nitro benzene ring substituents is 1. The Morgan fingerprint density at radius 3 is 1.40 bits per heavy atom. The van der Waals surface area contributed by atoms with Gasteiger partial charge < -0.3 is 24.4 Å². The van der Waals surface area contributed by atoms with E-state index in [-0.39, 0.29) is 16.8 Å². The number of non-ortho nitro benzene ring substituents is 1. The molecule has 13 nitrogen and oxygen atoms in total. The van der Waals surface area contributed by atoms with Crippen LogP contribution in [0.15, 0.2) is 97.1 Å². The van der Waals surface area contributed by atoms with E-state index in [1.54, 1.807) is 24.3 Å². The Hall–Kier alpha value is -6.55. The standard InChI is InChI=1S/C18H15NO4.C17H15NO7/c19-12-14-5-3-13(4-6-14)2-1-11-23-16-9-7-15(8-10-16)17(20)18(21)22;19-16(17(20)21)12-2-6-14(7-3-12)24-10-1-11-25-15-8-4-13(5-9-15)18(22)23/h3-10H,1-2,11H2,(H,21,22);2-9H,1,10-11H2,(H,20,21). The molecule has 246 valence electrons. The van der Waals surface area contributed by atoms with Gasteiger partial charge in [0.15, 0.2) is 0 Å². The monoisotopic (exact) mass is 654 g/mol. The highest BCUT2D eigenvalue weighted by Gasteiger charge is 2.15. The van der Waals surface area contributed by atoms with Gasteiger partial charge in [0.1, 0.15) is 17.2 Å². The van der Waals surface area contributed by atoms with Gasteiger partial charge in [0.25, 0.3) is 17.3 Å². The molecule has 0 aromatic heterocycles. The molecule has 0 saturated carbocycles. The van der Waals surface area contributed by atoms with Crippen molar-refractivity contribution in [1.29, 1.82) is 5.26 Å². The van der Waals surface area contributed by atoms with E-state index in [1.807, 2.05) is 12.1 Å². The lowest BCUT2D eigenvalue weighted by Gasteiger charge is -2.08. The third-order valence-electron chi connectivity index (χ3n) is 6.46. The van der Waals surface area contributed by atoms with Crippen LogP contribution in [0.1, 0.15) is 44.7 Å². The molecule has 0 aliphatic heterocycles. The molecule has 13 heteroatoms. The van der Waals surface area contributed by atoms with Crippen LogP contribution in [0.25, 0.3) is 0 Å². The maximum Gasteiger partial charge on any atom is 0.377 e. The fourth-order valence-electron chi connectivity index (χ4n) is 3.97. The first kappa shape index (κ1) is 35.9. The number of carbonyl (C=O) groups is 4. The van der Waals surface area contributed by atoms with E-state index < -0.39 is 28.4 Å². The van der Waals surface area contributed by atoms with Crippen molar-refractivity contribution in [3.8, 4) is 23.3 Å². The molecule has 0 radical (unpaired) electrons. The van der Waals surface area contributed by atoms with Gasteiger partial charge in [0, 0.05) is 29.7 Å². The fourth-order valence-corrected chi connectivity index (χ4v) is 3.97. The van der Waals surface area contributed by atoms with Crippen molar-refractivity contribution in [2.24, 2.45) is 0 Å². The fraction of sp³-hybridized carbons (Fsp3) is 0.171. The highest BCUT2D eigenvalue weighted by Crippen LogP contribution is 2.18. The van der Waals surface area contributed by atoms with Crippen LogP contribution in [0.3, 0.4) is 0 Å². The first-order valence-corrected chi connectivity index (χ1v) is 14.4. The van der Waals surface area contributed by atoms with Gasteiger partial charge in [-0.1, -0.05) is 12.1 Å². The van der Waals surface area contributed by atoms with Gasteiger partial charge in [0.05, 0.1) is 36.4 Å². The minimum atomic E-state index is -1.50. The van der Waals surface area contributed by atoms with Crippen LogP contribution >= 0.6 is 0 Å². The zero-order valence-corrected chi connectivity index (χ0v) is 25.4. The van der Waals surface area contributed by atoms with E-state index in [9.17, 15) is 29.3 Å².